The minimum absolute atomic E-state index is 0.0501. The molecule has 2 N–H and O–H groups in total. The molecule has 30 heavy (non-hydrogen) atoms. The first kappa shape index (κ1) is 20.1. The molecular formula is C20H15BrF3N5O. The Morgan fingerprint density at radius 2 is 1.93 bits per heavy atom. The van der Waals surface area contributed by atoms with E-state index in [2.05, 4.69) is 36.6 Å². The summed E-state index contributed by atoms with van der Waals surface area (Å²) in [5.41, 5.74) is 0.852. The quantitative estimate of drug-likeness (QED) is 0.557. The number of carbonyl (C=O) groups is 1. The fourth-order valence-electron chi connectivity index (χ4n) is 3.31. The van der Waals surface area contributed by atoms with Crippen LogP contribution < -0.4 is 10.6 Å². The Hall–Kier alpha value is -3.14. The lowest BCUT2D eigenvalue weighted by Crippen LogP contribution is -2.31. The molecule has 1 atom stereocenters. The maximum Gasteiger partial charge on any atom is 0.416 e. The van der Waals surface area contributed by atoms with Gasteiger partial charge in [0, 0.05) is 15.9 Å². The van der Waals surface area contributed by atoms with E-state index in [4.69, 9.17) is 0 Å². The van der Waals surface area contributed by atoms with E-state index in [1.807, 2.05) is 24.3 Å². The maximum atomic E-state index is 13.2. The largest absolute Gasteiger partial charge is 0.416 e. The molecule has 4 rings (SSSR count). The van der Waals surface area contributed by atoms with Crippen LogP contribution in [0.4, 0.5) is 24.8 Å². The summed E-state index contributed by atoms with van der Waals surface area (Å²) in [7, 11) is 0. The van der Waals surface area contributed by atoms with E-state index in [1.165, 1.54) is 18.5 Å². The first-order valence-electron chi connectivity index (χ1n) is 8.85. The molecule has 0 radical (unpaired) electrons. The van der Waals surface area contributed by atoms with E-state index >= 15 is 0 Å². The summed E-state index contributed by atoms with van der Waals surface area (Å²) in [6.45, 7) is 1.71. The molecule has 2 aromatic carbocycles. The van der Waals surface area contributed by atoms with Crippen molar-refractivity contribution >= 4 is 33.5 Å². The first-order chi connectivity index (χ1) is 14.2. The number of hydrogen-bond acceptors (Lipinski definition) is 4. The third-order valence-electron chi connectivity index (χ3n) is 4.67. The zero-order chi connectivity index (χ0) is 21.5. The lowest BCUT2D eigenvalue weighted by molar-refractivity contribution is -0.137. The number of halogens is 4. The number of amides is 1. The van der Waals surface area contributed by atoms with E-state index in [1.54, 1.807) is 11.6 Å². The fourth-order valence-corrected chi connectivity index (χ4v) is 3.57. The Morgan fingerprint density at radius 3 is 2.63 bits per heavy atom. The highest BCUT2D eigenvalue weighted by atomic mass is 79.9. The lowest BCUT2D eigenvalue weighted by atomic mass is 9.95. The van der Waals surface area contributed by atoms with Crippen LogP contribution in [0.1, 0.15) is 24.1 Å². The van der Waals surface area contributed by atoms with Gasteiger partial charge in [0.2, 0.25) is 5.95 Å². The van der Waals surface area contributed by atoms with Crippen molar-refractivity contribution in [2.45, 2.75) is 19.1 Å². The van der Waals surface area contributed by atoms with Gasteiger partial charge >= 0.3 is 6.18 Å². The van der Waals surface area contributed by atoms with E-state index in [9.17, 15) is 18.0 Å². The van der Waals surface area contributed by atoms with Gasteiger partial charge in [-0.1, -0.05) is 34.1 Å². The molecule has 0 saturated carbocycles. The van der Waals surface area contributed by atoms with Crippen LogP contribution in [0.3, 0.4) is 0 Å². The number of alkyl halides is 3. The summed E-state index contributed by atoms with van der Waals surface area (Å²) in [6, 6.07) is 11.3. The molecule has 1 unspecified atom stereocenters. The molecule has 1 aliphatic rings. The van der Waals surface area contributed by atoms with E-state index < -0.39 is 23.7 Å². The number of hydrogen-bond donors (Lipinski definition) is 2. The molecule has 0 saturated heterocycles. The third kappa shape index (κ3) is 3.82. The summed E-state index contributed by atoms with van der Waals surface area (Å²) in [4.78, 5) is 17.3. The van der Waals surface area contributed by atoms with Gasteiger partial charge in [-0.3, -0.25) is 4.79 Å². The van der Waals surface area contributed by atoms with Gasteiger partial charge in [-0.05, 0) is 42.8 Å². The topological polar surface area (TPSA) is 71.8 Å². The molecule has 1 aliphatic heterocycles. The van der Waals surface area contributed by atoms with Gasteiger partial charge < -0.3 is 10.6 Å². The van der Waals surface area contributed by atoms with Crippen LogP contribution in [-0.2, 0) is 11.0 Å². The number of allylic oxidation sites excluding steroid dienone is 1. The van der Waals surface area contributed by atoms with Crippen LogP contribution in [0.25, 0.3) is 0 Å². The molecule has 10 heteroatoms. The zero-order valence-corrected chi connectivity index (χ0v) is 17.1. The summed E-state index contributed by atoms with van der Waals surface area (Å²) < 4.78 is 41.5. The number of anilines is 2. The first-order valence-corrected chi connectivity index (χ1v) is 9.64. The van der Waals surface area contributed by atoms with Crippen LogP contribution in [0.2, 0.25) is 0 Å². The molecule has 0 bridgehead atoms. The number of fused-ring (bicyclic) bond motifs is 1. The van der Waals surface area contributed by atoms with Crippen molar-refractivity contribution < 1.29 is 18.0 Å². The molecule has 154 valence electrons. The molecule has 2 heterocycles. The number of rotatable bonds is 3. The van der Waals surface area contributed by atoms with Crippen molar-refractivity contribution in [2.24, 2.45) is 0 Å². The van der Waals surface area contributed by atoms with Crippen LogP contribution >= 0.6 is 15.9 Å². The maximum absolute atomic E-state index is 13.2. The minimum atomic E-state index is -4.50. The third-order valence-corrected chi connectivity index (χ3v) is 5.20. The van der Waals surface area contributed by atoms with Crippen molar-refractivity contribution in [2.75, 3.05) is 10.6 Å². The number of carbonyl (C=O) groups excluding carboxylic acids is 1. The molecular weight excluding hydrogens is 463 g/mol. The minimum Gasteiger partial charge on any atom is -0.328 e. The Morgan fingerprint density at radius 1 is 1.20 bits per heavy atom. The highest BCUT2D eigenvalue weighted by Gasteiger charge is 2.34. The molecule has 6 nitrogen and oxygen atoms in total. The summed E-state index contributed by atoms with van der Waals surface area (Å²) in [6.07, 6.45) is -3.13. The molecule has 0 spiro atoms. The van der Waals surface area contributed by atoms with E-state index in [0.717, 1.165) is 22.2 Å². The van der Waals surface area contributed by atoms with Gasteiger partial charge in [0.25, 0.3) is 5.91 Å². The van der Waals surface area contributed by atoms with Gasteiger partial charge in [-0.2, -0.15) is 23.3 Å². The van der Waals surface area contributed by atoms with Crippen LogP contribution in [0, 0.1) is 0 Å². The number of benzene rings is 2. The Labute approximate surface area is 177 Å². The zero-order valence-electron chi connectivity index (χ0n) is 15.5. The van der Waals surface area contributed by atoms with Crippen LogP contribution in [0.5, 0.6) is 0 Å². The second-order valence-electron chi connectivity index (χ2n) is 6.68. The fraction of sp³-hybridized carbons (Fsp3) is 0.150. The second-order valence-corrected chi connectivity index (χ2v) is 7.59. The second kappa shape index (κ2) is 7.60. The summed E-state index contributed by atoms with van der Waals surface area (Å²) in [5.74, 6) is -0.0653. The number of nitrogens with one attached hydrogen (secondary N) is 2. The normalized spacial score (nSPS) is 16.1. The lowest BCUT2D eigenvalue weighted by Gasteiger charge is -2.28. The van der Waals surface area contributed by atoms with Gasteiger partial charge in [0.05, 0.1) is 11.1 Å². The van der Waals surface area contributed by atoms with Gasteiger partial charge in [-0.15, -0.1) is 0 Å². The predicted octanol–water partition coefficient (Wildman–Crippen LogP) is 4.99. The molecule has 1 amide bonds. The Kier molecular flexibility index (Phi) is 5.10. The van der Waals surface area contributed by atoms with Crippen molar-refractivity contribution in [1.82, 2.24) is 14.8 Å². The molecule has 0 fully saturated rings. The van der Waals surface area contributed by atoms with Crippen LogP contribution in [0.15, 0.2) is 70.6 Å². The number of nitrogens with zero attached hydrogens (tertiary/aromatic N) is 3. The summed E-state index contributed by atoms with van der Waals surface area (Å²) in [5, 5.41) is 9.83. The van der Waals surface area contributed by atoms with Crippen molar-refractivity contribution in [3.05, 3.63) is 81.7 Å². The van der Waals surface area contributed by atoms with E-state index in [0.29, 0.717) is 17.2 Å². The predicted molar refractivity (Wildman–Crippen MR) is 109 cm³/mol. The standard InChI is InChI=1S/C20H15BrF3N5O/c1-11-16(18(30)28-15-4-2-3-13(9-15)20(22,23)24)17(12-5-7-14(21)8-6-12)29-19(27-11)25-10-26-29/h2-10,17H,1H3,(H,28,30)(H,25,26,27). The molecule has 1 aromatic heterocycles. The SMILES string of the molecule is CC1=C(C(=O)Nc2cccc(C(F)(F)F)c2)C(c2ccc(Br)cc2)n2ncnc2N1. The smallest absolute Gasteiger partial charge is 0.328 e. The highest BCUT2D eigenvalue weighted by Crippen LogP contribution is 2.36. The summed E-state index contributed by atoms with van der Waals surface area (Å²) >= 11 is 3.39. The van der Waals surface area contributed by atoms with Gasteiger partial charge in [0.15, 0.2) is 0 Å². The highest BCUT2D eigenvalue weighted by molar-refractivity contribution is 9.10. The average Bonchev–Trinajstić information content (AvgIpc) is 3.15. The monoisotopic (exact) mass is 477 g/mol. The Bertz CT molecular complexity index is 1140. The number of aromatic nitrogens is 3. The Balaban J connectivity index is 1.72. The van der Waals surface area contributed by atoms with Crippen molar-refractivity contribution in [3.8, 4) is 0 Å². The molecule has 3 aromatic rings. The van der Waals surface area contributed by atoms with Gasteiger partial charge in [-0.25, -0.2) is 4.68 Å². The van der Waals surface area contributed by atoms with E-state index in [-0.39, 0.29) is 5.69 Å². The van der Waals surface area contributed by atoms with Crippen LogP contribution in [-0.4, -0.2) is 20.7 Å². The van der Waals surface area contributed by atoms with Crippen molar-refractivity contribution in [3.63, 3.8) is 0 Å². The van der Waals surface area contributed by atoms with Gasteiger partial charge in [0.1, 0.15) is 12.4 Å². The molecule has 0 aliphatic carbocycles. The van der Waals surface area contributed by atoms with Crippen molar-refractivity contribution in [1.29, 1.82) is 0 Å². The average molecular weight is 478 g/mol.